The van der Waals surface area contributed by atoms with Crippen molar-refractivity contribution in [1.82, 2.24) is 9.80 Å². The number of hydrogen-bond donors (Lipinski definition) is 0. The average molecular weight is 328 g/mol. The lowest BCUT2D eigenvalue weighted by Crippen LogP contribution is -2.53. The van der Waals surface area contributed by atoms with Gasteiger partial charge in [-0.2, -0.15) is 0 Å². The maximum absolute atomic E-state index is 13.3. The molecular weight excluding hydrogens is 300 g/mol. The van der Waals surface area contributed by atoms with Crippen LogP contribution in [0.2, 0.25) is 0 Å². The third-order valence-electron chi connectivity index (χ3n) is 5.92. The summed E-state index contributed by atoms with van der Waals surface area (Å²) in [6.45, 7) is 7.39. The van der Waals surface area contributed by atoms with Crippen molar-refractivity contribution in [1.29, 1.82) is 0 Å². The Kier molecular flexibility index (Phi) is 4.13. The molecule has 3 aliphatic heterocycles. The fraction of sp³-hybridized carbons (Fsp3) is 0.650. The second-order valence-corrected chi connectivity index (χ2v) is 8.08. The monoisotopic (exact) mass is 328 g/mol. The Morgan fingerprint density at radius 1 is 1.21 bits per heavy atom. The average Bonchev–Trinajstić information content (AvgIpc) is 3.16. The number of carbonyl (C=O) groups is 1. The number of fused-ring (bicyclic) bond motifs is 1. The summed E-state index contributed by atoms with van der Waals surface area (Å²) in [5.41, 5.74) is 1.14. The standard InChI is InChI=1S/C20H28N2O2/c1-20(2)14-21(11-12-24-20)19(23)16-13-18(15-7-4-3-5-8-15)22-10-6-9-17(16)22/h3-5,7-8,16-18H,6,9-14H2,1-2H3/t16-,17+,18-/m1/s1. The number of ether oxygens (including phenoxy) is 1. The molecule has 130 valence electrons. The predicted molar refractivity (Wildman–Crippen MR) is 93.6 cm³/mol. The first kappa shape index (κ1) is 16.1. The van der Waals surface area contributed by atoms with Crippen LogP contribution in [0.3, 0.4) is 0 Å². The molecule has 1 amide bonds. The molecule has 0 unspecified atom stereocenters. The van der Waals surface area contributed by atoms with Gasteiger partial charge in [-0.15, -0.1) is 0 Å². The lowest BCUT2D eigenvalue weighted by molar-refractivity contribution is -0.150. The van der Waals surface area contributed by atoms with Crippen LogP contribution in [0.5, 0.6) is 0 Å². The minimum atomic E-state index is -0.222. The van der Waals surface area contributed by atoms with Crippen molar-refractivity contribution < 1.29 is 9.53 Å². The molecule has 3 fully saturated rings. The lowest BCUT2D eigenvalue weighted by atomic mass is 9.92. The van der Waals surface area contributed by atoms with E-state index in [1.165, 1.54) is 12.0 Å². The SMILES string of the molecule is CC1(C)CN(C(=O)[C@@H]2C[C@H](c3ccccc3)N3CCC[C@@H]23)CCO1. The van der Waals surface area contributed by atoms with Crippen LogP contribution in [0, 0.1) is 5.92 Å². The molecule has 0 radical (unpaired) electrons. The van der Waals surface area contributed by atoms with E-state index in [0.29, 0.717) is 31.1 Å². The maximum Gasteiger partial charge on any atom is 0.227 e. The van der Waals surface area contributed by atoms with Crippen LogP contribution in [0.15, 0.2) is 30.3 Å². The largest absolute Gasteiger partial charge is 0.372 e. The molecule has 1 aromatic carbocycles. The molecule has 0 spiro atoms. The second kappa shape index (κ2) is 6.16. The second-order valence-electron chi connectivity index (χ2n) is 8.08. The van der Waals surface area contributed by atoms with Gasteiger partial charge in [0.25, 0.3) is 0 Å². The fourth-order valence-corrected chi connectivity index (χ4v) is 4.87. The van der Waals surface area contributed by atoms with Gasteiger partial charge in [0.2, 0.25) is 5.91 Å². The molecule has 4 nitrogen and oxygen atoms in total. The molecular formula is C20H28N2O2. The Bertz CT molecular complexity index is 601. The molecule has 4 heteroatoms. The number of hydrogen-bond acceptors (Lipinski definition) is 3. The van der Waals surface area contributed by atoms with Crippen molar-refractivity contribution in [3.05, 3.63) is 35.9 Å². The number of rotatable bonds is 2. The van der Waals surface area contributed by atoms with Crippen molar-refractivity contribution >= 4 is 5.91 Å². The van der Waals surface area contributed by atoms with Crippen LogP contribution < -0.4 is 0 Å². The van der Waals surface area contributed by atoms with E-state index in [-0.39, 0.29) is 11.5 Å². The number of morpholine rings is 1. The molecule has 0 aromatic heterocycles. The summed E-state index contributed by atoms with van der Waals surface area (Å²) >= 11 is 0. The zero-order chi connectivity index (χ0) is 16.7. The summed E-state index contributed by atoms with van der Waals surface area (Å²) in [5, 5.41) is 0. The summed E-state index contributed by atoms with van der Waals surface area (Å²) < 4.78 is 5.78. The zero-order valence-corrected chi connectivity index (χ0v) is 14.8. The molecule has 0 bridgehead atoms. The summed E-state index contributed by atoms with van der Waals surface area (Å²) in [7, 11) is 0. The van der Waals surface area contributed by atoms with Gasteiger partial charge in [-0.05, 0) is 45.2 Å². The maximum atomic E-state index is 13.3. The van der Waals surface area contributed by atoms with Crippen molar-refractivity contribution in [2.75, 3.05) is 26.2 Å². The molecule has 3 atom stereocenters. The van der Waals surface area contributed by atoms with Gasteiger partial charge in [-0.1, -0.05) is 30.3 Å². The van der Waals surface area contributed by atoms with Gasteiger partial charge in [-0.25, -0.2) is 0 Å². The van der Waals surface area contributed by atoms with Gasteiger partial charge in [0.1, 0.15) is 0 Å². The molecule has 4 rings (SSSR count). The Balaban J connectivity index is 1.54. The van der Waals surface area contributed by atoms with Crippen LogP contribution >= 0.6 is 0 Å². The highest BCUT2D eigenvalue weighted by molar-refractivity contribution is 5.80. The van der Waals surface area contributed by atoms with Gasteiger partial charge in [0.05, 0.1) is 18.1 Å². The molecule has 0 aliphatic carbocycles. The molecule has 24 heavy (non-hydrogen) atoms. The van der Waals surface area contributed by atoms with E-state index >= 15 is 0 Å². The fourth-order valence-electron chi connectivity index (χ4n) is 4.87. The minimum Gasteiger partial charge on any atom is -0.372 e. The van der Waals surface area contributed by atoms with Gasteiger partial charge in [-0.3, -0.25) is 9.69 Å². The first-order chi connectivity index (χ1) is 11.6. The van der Waals surface area contributed by atoms with E-state index < -0.39 is 0 Å². The van der Waals surface area contributed by atoms with E-state index in [4.69, 9.17) is 4.74 Å². The first-order valence-electron chi connectivity index (χ1n) is 9.29. The van der Waals surface area contributed by atoms with Crippen molar-refractivity contribution in [3.8, 4) is 0 Å². The highest BCUT2D eigenvalue weighted by Gasteiger charge is 2.48. The summed E-state index contributed by atoms with van der Waals surface area (Å²) in [4.78, 5) is 17.9. The third kappa shape index (κ3) is 2.86. The van der Waals surface area contributed by atoms with Gasteiger partial charge in [0.15, 0.2) is 0 Å². The molecule has 3 aliphatic rings. The summed E-state index contributed by atoms with van der Waals surface area (Å²) in [6.07, 6.45) is 3.34. The number of benzene rings is 1. The number of carbonyl (C=O) groups excluding carboxylic acids is 1. The Labute approximate surface area is 144 Å². The molecule has 0 saturated carbocycles. The summed E-state index contributed by atoms with van der Waals surface area (Å²) in [6, 6.07) is 11.5. The Hall–Kier alpha value is -1.39. The van der Waals surface area contributed by atoms with Gasteiger partial charge >= 0.3 is 0 Å². The van der Waals surface area contributed by atoms with Crippen LogP contribution in [0.4, 0.5) is 0 Å². The molecule has 1 aromatic rings. The van der Waals surface area contributed by atoms with Crippen LogP contribution in [0.25, 0.3) is 0 Å². The lowest BCUT2D eigenvalue weighted by Gasteiger charge is -2.39. The molecule has 3 saturated heterocycles. The smallest absolute Gasteiger partial charge is 0.227 e. The van der Waals surface area contributed by atoms with Crippen molar-refractivity contribution in [2.24, 2.45) is 5.92 Å². The first-order valence-corrected chi connectivity index (χ1v) is 9.29. The van der Waals surface area contributed by atoms with Gasteiger partial charge in [0, 0.05) is 25.2 Å². The van der Waals surface area contributed by atoms with E-state index in [1.54, 1.807) is 0 Å². The van der Waals surface area contributed by atoms with Gasteiger partial charge < -0.3 is 9.64 Å². The Morgan fingerprint density at radius 2 is 2.00 bits per heavy atom. The predicted octanol–water partition coefficient (Wildman–Crippen LogP) is 2.85. The highest BCUT2D eigenvalue weighted by atomic mass is 16.5. The van der Waals surface area contributed by atoms with Crippen LogP contribution in [-0.2, 0) is 9.53 Å². The van der Waals surface area contributed by atoms with Crippen LogP contribution in [-0.4, -0.2) is 53.6 Å². The minimum absolute atomic E-state index is 0.145. The summed E-state index contributed by atoms with van der Waals surface area (Å²) in [5.74, 6) is 0.494. The molecule has 0 N–H and O–H groups in total. The third-order valence-corrected chi connectivity index (χ3v) is 5.92. The molecule has 3 heterocycles. The normalized spacial score (nSPS) is 32.8. The quantitative estimate of drug-likeness (QED) is 0.837. The van der Waals surface area contributed by atoms with Crippen LogP contribution in [0.1, 0.15) is 44.7 Å². The van der Waals surface area contributed by atoms with Crippen molar-refractivity contribution in [2.45, 2.75) is 50.8 Å². The zero-order valence-electron chi connectivity index (χ0n) is 14.8. The highest BCUT2D eigenvalue weighted by Crippen LogP contribution is 2.45. The van der Waals surface area contributed by atoms with E-state index in [0.717, 1.165) is 25.9 Å². The van der Waals surface area contributed by atoms with Crippen molar-refractivity contribution in [3.63, 3.8) is 0 Å². The number of amides is 1. The topological polar surface area (TPSA) is 32.8 Å². The number of nitrogens with zero attached hydrogens (tertiary/aromatic N) is 2. The van der Waals surface area contributed by atoms with E-state index in [2.05, 4.69) is 54.0 Å². The van der Waals surface area contributed by atoms with E-state index in [1.807, 2.05) is 0 Å². The Morgan fingerprint density at radius 3 is 2.75 bits per heavy atom. The van der Waals surface area contributed by atoms with E-state index in [9.17, 15) is 4.79 Å².